The van der Waals surface area contributed by atoms with Gasteiger partial charge in [-0.2, -0.15) is 4.98 Å². The van der Waals surface area contributed by atoms with Crippen molar-refractivity contribution in [2.45, 2.75) is 39.0 Å². The van der Waals surface area contributed by atoms with Crippen molar-refractivity contribution in [1.82, 2.24) is 9.97 Å². The predicted molar refractivity (Wildman–Crippen MR) is 129 cm³/mol. The number of allylic oxidation sites excluding steroid dienone is 2. The summed E-state index contributed by atoms with van der Waals surface area (Å²) in [6.45, 7) is 8.71. The Labute approximate surface area is 193 Å². The maximum atomic E-state index is 13.4. The molecule has 1 aromatic heterocycles. The lowest BCUT2D eigenvalue weighted by Crippen LogP contribution is -2.40. The number of ether oxygens (including phenoxy) is 1. The molecule has 1 aliphatic carbocycles. The van der Waals surface area contributed by atoms with Gasteiger partial charge < -0.3 is 19.9 Å². The predicted octanol–water partition coefficient (Wildman–Crippen LogP) is 3.02. The van der Waals surface area contributed by atoms with Gasteiger partial charge in [-0.25, -0.2) is 0 Å². The van der Waals surface area contributed by atoms with Gasteiger partial charge in [-0.1, -0.05) is 12.1 Å². The van der Waals surface area contributed by atoms with E-state index in [4.69, 9.17) is 9.72 Å². The van der Waals surface area contributed by atoms with Crippen LogP contribution in [0.4, 0.5) is 17.5 Å². The lowest BCUT2D eigenvalue weighted by atomic mass is 9.76. The first-order valence-corrected chi connectivity index (χ1v) is 12.0. The monoisotopic (exact) mass is 449 g/mol. The summed E-state index contributed by atoms with van der Waals surface area (Å²) in [7, 11) is 0. The fourth-order valence-corrected chi connectivity index (χ4v) is 5.17. The Balaban J connectivity index is 1.61. The van der Waals surface area contributed by atoms with E-state index in [1.54, 1.807) is 0 Å². The van der Waals surface area contributed by atoms with Gasteiger partial charge >= 0.3 is 0 Å². The highest BCUT2D eigenvalue weighted by Gasteiger charge is 2.38. The van der Waals surface area contributed by atoms with Crippen LogP contribution < -0.4 is 20.7 Å². The van der Waals surface area contributed by atoms with Gasteiger partial charge in [0.15, 0.2) is 5.78 Å². The second-order valence-electron chi connectivity index (χ2n) is 8.74. The Hall–Kier alpha value is -3.13. The lowest BCUT2D eigenvalue weighted by Gasteiger charge is -2.34. The minimum Gasteiger partial charge on any atom is -0.378 e. The Morgan fingerprint density at radius 3 is 2.52 bits per heavy atom. The molecule has 2 aromatic rings. The Kier molecular flexibility index (Phi) is 5.93. The summed E-state index contributed by atoms with van der Waals surface area (Å²) in [5.41, 5.74) is 4.03. The zero-order chi connectivity index (χ0) is 22.9. The van der Waals surface area contributed by atoms with Gasteiger partial charge in [0.1, 0.15) is 5.82 Å². The first-order valence-electron chi connectivity index (χ1n) is 12.0. The molecular weight excluding hydrogens is 418 g/mol. The summed E-state index contributed by atoms with van der Waals surface area (Å²) in [5, 5.41) is 3.36. The number of rotatable bonds is 5. The largest absolute Gasteiger partial charge is 0.378 e. The number of aromatic nitrogens is 2. The van der Waals surface area contributed by atoms with Crippen molar-refractivity contribution >= 4 is 23.2 Å². The Bertz CT molecular complexity index is 1130. The minimum absolute atomic E-state index is 0.115. The third-order valence-electron chi connectivity index (χ3n) is 6.91. The zero-order valence-electron chi connectivity index (χ0n) is 19.3. The summed E-state index contributed by atoms with van der Waals surface area (Å²) >= 11 is 0. The van der Waals surface area contributed by atoms with Gasteiger partial charge in [-0.15, -0.1) is 0 Å². The van der Waals surface area contributed by atoms with Gasteiger partial charge in [-0.05, 0) is 44.4 Å². The van der Waals surface area contributed by atoms with E-state index in [0.717, 1.165) is 48.5 Å². The van der Waals surface area contributed by atoms with Crippen LogP contribution in [0.5, 0.6) is 0 Å². The number of ketones is 1. The lowest BCUT2D eigenvalue weighted by molar-refractivity contribution is -0.116. The number of anilines is 3. The number of Topliss-reactive ketones (excluding diaryl/α,β-unsaturated/α-hetero) is 1. The summed E-state index contributed by atoms with van der Waals surface area (Å²) in [4.78, 5) is 38.6. The average molecular weight is 450 g/mol. The molecule has 8 nitrogen and oxygen atoms in total. The molecule has 1 fully saturated rings. The first kappa shape index (κ1) is 21.7. The highest BCUT2D eigenvalue weighted by Crippen LogP contribution is 2.43. The number of carbonyl (C=O) groups excluding carboxylic acids is 1. The molecule has 1 atom stereocenters. The highest BCUT2D eigenvalue weighted by atomic mass is 16.5. The molecule has 0 amide bonds. The molecule has 3 heterocycles. The quantitative estimate of drug-likeness (QED) is 0.725. The van der Waals surface area contributed by atoms with E-state index in [9.17, 15) is 9.59 Å². The minimum atomic E-state index is -0.412. The molecule has 5 rings (SSSR count). The number of aromatic amines is 1. The Morgan fingerprint density at radius 2 is 1.82 bits per heavy atom. The van der Waals surface area contributed by atoms with Gasteiger partial charge in [0.05, 0.1) is 18.8 Å². The third-order valence-corrected chi connectivity index (χ3v) is 6.91. The molecule has 0 bridgehead atoms. The number of fused-ring (bicyclic) bond motifs is 1. The third kappa shape index (κ3) is 3.93. The maximum Gasteiger partial charge on any atom is 0.258 e. The van der Waals surface area contributed by atoms with E-state index in [1.165, 1.54) is 0 Å². The molecule has 3 aliphatic rings. The van der Waals surface area contributed by atoms with E-state index in [-0.39, 0.29) is 11.3 Å². The van der Waals surface area contributed by atoms with Crippen LogP contribution in [-0.4, -0.2) is 55.1 Å². The number of nitrogens with zero attached hydrogens (tertiary/aromatic N) is 3. The number of carbonyl (C=O) groups is 1. The van der Waals surface area contributed by atoms with Crippen LogP contribution in [0.25, 0.3) is 0 Å². The maximum absolute atomic E-state index is 13.4. The summed E-state index contributed by atoms with van der Waals surface area (Å²) in [6, 6.07) is 8.27. The van der Waals surface area contributed by atoms with Crippen molar-refractivity contribution in [3.63, 3.8) is 0 Å². The van der Waals surface area contributed by atoms with Crippen molar-refractivity contribution in [3.05, 3.63) is 57.0 Å². The molecule has 2 aliphatic heterocycles. The van der Waals surface area contributed by atoms with Crippen molar-refractivity contribution < 1.29 is 9.53 Å². The molecule has 33 heavy (non-hydrogen) atoms. The van der Waals surface area contributed by atoms with Gasteiger partial charge in [0.2, 0.25) is 5.95 Å². The van der Waals surface area contributed by atoms with Gasteiger partial charge in [0.25, 0.3) is 5.56 Å². The SMILES string of the molecule is CCN(CC)c1ccc([C@H]2C3=C(CCCC3=O)Nc3nc(N4CCOCC4)[nH]c(=O)c32)cc1. The van der Waals surface area contributed by atoms with Crippen molar-refractivity contribution in [2.24, 2.45) is 0 Å². The van der Waals surface area contributed by atoms with Crippen LogP contribution in [0.2, 0.25) is 0 Å². The van der Waals surface area contributed by atoms with E-state index in [1.807, 2.05) is 4.90 Å². The molecule has 0 radical (unpaired) electrons. The molecular formula is C25H31N5O3. The van der Waals surface area contributed by atoms with Crippen LogP contribution in [0.1, 0.15) is 50.2 Å². The second-order valence-corrected chi connectivity index (χ2v) is 8.74. The highest BCUT2D eigenvalue weighted by molar-refractivity contribution is 6.00. The van der Waals surface area contributed by atoms with Crippen LogP contribution in [0, 0.1) is 0 Å². The molecule has 174 valence electrons. The number of benzene rings is 1. The van der Waals surface area contributed by atoms with Gasteiger partial charge in [0, 0.05) is 55.5 Å². The summed E-state index contributed by atoms with van der Waals surface area (Å²) in [6.07, 6.45) is 2.12. The van der Waals surface area contributed by atoms with Crippen LogP contribution in [0.3, 0.4) is 0 Å². The molecule has 0 unspecified atom stereocenters. The smallest absolute Gasteiger partial charge is 0.258 e. The molecule has 8 heteroatoms. The fraction of sp³-hybridized carbons (Fsp3) is 0.480. The standard InChI is InChI=1S/C25H31N5O3/c1-3-29(4-2)17-10-8-16(9-11-17)20-21-18(6-5-7-19(21)31)26-23-22(20)24(32)28-25(27-23)30-12-14-33-15-13-30/h8-11,20H,3-7,12-15H2,1-2H3,(H2,26,27,28,32)/t20-/m0/s1. The molecule has 2 N–H and O–H groups in total. The summed E-state index contributed by atoms with van der Waals surface area (Å²) < 4.78 is 5.44. The van der Waals surface area contributed by atoms with Crippen LogP contribution >= 0.6 is 0 Å². The number of hydrogen-bond donors (Lipinski definition) is 2. The number of hydrogen-bond acceptors (Lipinski definition) is 7. The zero-order valence-corrected chi connectivity index (χ0v) is 19.3. The van der Waals surface area contributed by atoms with E-state index in [0.29, 0.717) is 50.1 Å². The Morgan fingerprint density at radius 1 is 1.09 bits per heavy atom. The molecule has 0 spiro atoms. The normalized spacial score (nSPS) is 20.2. The molecule has 0 saturated carbocycles. The molecule has 1 aromatic carbocycles. The topological polar surface area (TPSA) is 90.6 Å². The van der Waals surface area contributed by atoms with E-state index >= 15 is 0 Å². The summed E-state index contributed by atoms with van der Waals surface area (Å²) in [5.74, 6) is 0.816. The number of H-pyrrole nitrogens is 1. The van der Waals surface area contributed by atoms with Gasteiger partial charge in [-0.3, -0.25) is 14.6 Å². The average Bonchev–Trinajstić information content (AvgIpc) is 2.85. The van der Waals surface area contributed by atoms with E-state index in [2.05, 4.69) is 53.3 Å². The first-order chi connectivity index (χ1) is 16.1. The van der Waals surface area contributed by atoms with E-state index < -0.39 is 5.92 Å². The second kappa shape index (κ2) is 9.02. The van der Waals surface area contributed by atoms with Crippen molar-refractivity contribution in [1.29, 1.82) is 0 Å². The fourth-order valence-electron chi connectivity index (χ4n) is 5.17. The van der Waals surface area contributed by atoms with Crippen LogP contribution in [0.15, 0.2) is 40.3 Å². The van der Waals surface area contributed by atoms with Crippen molar-refractivity contribution in [2.75, 3.05) is 54.5 Å². The van der Waals surface area contributed by atoms with Crippen LogP contribution in [-0.2, 0) is 9.53 Å². The van der Waals surface area contributed by atoms with Crippen molar-refractivity contribution in [3.8, 4) is 0 Å². The number of morpholine rings is 1. The number of nitrogens with one attached hydrogen (secondary N) is 2. The molecule has 1 saturated heterocycles.